The van der Waals surface area contributed by atoms with Crippen molar-refractivity contribution in [2.45, 2.75) is 26.3 Å². The highest BCUT2D eigenvalue weighted by Crippen LogP contribution is 2.24. The predicted octanol–water partition coefficient (Wildman–Crippen LogP) is 3.45. The van der Waals surface area contributed by atoms with Crippen LogP contribution in [0.25, 0.3) is 0 Å². The third-order valence-corrected chi connectivity index (χ3v) is 3.30. The Hall–Kier alpha value is -2.20. The Kier molecular flexibility index (Phi) is 4.15. The number of nitro groups is 1. The van der Waals surface area contributed by atoms with E-state index in [1.807, 2.05) is 26.0 Å². The zero-order valence-corrected chi connectivity index (χ0v) is 11.7. The van der Waals surface area contributed by atoms with Gasteiger partial charge in [0, 0.05) is 17.7 Å². The van der Waals surface area contributed by atoms with Gasteiger partial charge < -0.3 is 5.73 Å². The lowest BCUT2D eigenvalue weighted by Crippen LogP contribution is -2.14. The molecule has 0 bridgehead atoms. The monoisotopic (exact) mass is 270 g/mol. The van der Waals surface area contributed by atoms with Crippen molar-refractivity contribution in [3.8, 4) is 0 Å². The van der Waals surface area contributed by atoms with Crippen LogP contribution in [0, 0.1) is 24.0 Å². The van der Waals surface area contributed by atoms with E-state index in [1.165, 1.54) is 6.07 Å². The molecule has 104 valence electrons. The van der Waals surface area contributed by atoms with Gasteiger partial charge in [0.25, 0.3) is 5.69 Å². The van der Waals surface area contributed by atoms with Crippen LogP contribution in [0.3, 0.4) is 0 Å². The van der Waals surface area contributed by atoms with Crippen LogP contribution in [-0.4, -0.2) is 4.92 Å². The Morgan fingerprint density at radius 1 is 1.15 bits per heavy atom. The van der Waals surface area contributed by atoms with Crippen LogP contribution in [0.4, 0.5) is 5.69 Å². The lowest BCUT2D eigenvalue weighted by atomic mass is 9.96. The summed E-state index contributed by atoms with van der Waals surface area (Å²) in [5, 5.41) is 11.0. The molecular weight excluding hydrogens is 252 g/mol. The van der Waals surface area contributed by atoms with Gasteiger partial charge in [0.2, 0.25) is 0 Å². The van der Waals surface area contributed by atoms with Gasteiger partial charge in [-0.3, -0.25) is 10.1 Å². The summed E-state index contributed by atoms with van der Waals surface area (Å²) in [5.41, 5.74) is 10.3. The molecule has 0 aliphatic carbocycles. The van der Waals surface area contributed by atoms with Crippen molar-refractivity contribution < 1.29 is 4.92 Å². The second-order valence-corrected chi connectivity index (χ2v) is 5.12. The van der Waals surface area contributed by atoms with Crippen LogP contribution >= 0.6 is 0 Å². The maximum atomic E-state index is 11.0. The van der Waals surface area contributed by atoms with E-state index in [1.54, 1.807) is 18.2 Å². The summed E-state index contributed by atoms with van der Waals surface area (Å²) in [5.74, 6) is 0. The summed E-state index contributed by atoms with van der Waals surface area (Å²) in [6, 6.07) is 12.7. The third kappa shape index (κ3) is 3.22. The fourth-order valence-electron chi connectivity index (χ4n) is 2.44. The van der Waals surface area contributed by atoms with E-state index < -0.39 is 0 Å². The number of nitrogens with zero attached hydrogens (tertiary/aromatic N) is 1. The summed E-state index contributed by atoms with van der Waals surface area (Å²) >= 11 is 0. The maximum Gasteiger partial charge on any atom is 0.272 e. The fraction of sp³-hybridized carbons (Fsp3) is 0.250. The quantitative estimate of drug-likeness (QED) is 0.683. The molecule has 0 fully saturated rings. The highest BCUT2D eigenvalue weighted by Gasteiger charge is 2.16. The van der Waals surface area contributed by atoms with Gasteiger partial charge in [-0.15, -0.1) is 0 Å². The van der Waals surface area contributed by atoms with Crippen molar-refractivity contribution in [2.75, 3.05) is 0 Å². The molecule has 0 spiro atoms. The van der Waals surface area contributed by atoms with Crippen LogP contribution in [0.15, 0.2) is 42.5 Å². The first-order valence-electron chi connectivity index (χ1n) is 6.53. The van der Waals surface area contributed by atoms with Crippen molar-refractivity contribution >= 4 is 5.69 Å². The van der Waals surface area contributed by atoms with E-state index in [0.717, 1.165) is 16.7 Å². The summed E-state index contributed by atoms with van der Waals surface area (Å²) in [6.07, 6.45) is 0.458. The van der Waals surface area contributed by atoms with Gasteiger partial charge >= 0.3 is 0 Å². The molecule has 0 aliphatic heterocycles. The van der Waals surface area contributed by atoms with Gasteiger partial charge in [0.15, 0.2) is 0 Å². The Morgan fingerprint density at radius 3 is 2.35 bits per heavy atom. The first-order chi connectivity index (χ1) is 9.47. The van der Waals surface area contributed by atoms with Crippen molar-refractivity contribution in [1.82, 2.24) is 0 Å². The van der Waals surface area contributed by atoms with Gasteiger partial charge in [0.1, 0.15) is 0 Å². The van der Waals surface area contributed by atoms with Gasteiger partial charge in [-0.1, -0.05) is 47.5 Å². The van der Waals surface area contributed by atoms with Crippen LogP contribution in [0.1, 0.15) is 28.3 Å². The van der Waals surface area contributed by atoms with Crippen molar-refractivity contribution in [3.63, 3.8) is 0 Å². The zero-order valence-electron chi connectivity index (χ0n) is 11.7. The van der Waals surface area contributed by atoms with E-state index >= 15 is 0 Å². The molecule has 20 heavy (non-hydrogen) atoms. The molecule has 2 N–H and O–H groups in total. The number of nitro benzene ring substituents is 1. The molecule has 1 atom stereocenters. The van der Waals surface area contributed by atoms with Gasteiger partial charge in [-0.2, -0.15) is 0 Å². The average molecular weight is 270 g/mol. The number of nitrogens with two attached hydrogens (primary N) is 1. The second kappa shape index (κ2) is 5.84. The van der Waals surface area contributed by atoms with Crippen LogP contribution in [0.2, 0.25) is 0 Å². The van der Waals surface area contributed by atoms with Gasteiger partial charge in [0.05, 0.1) is 4.92 Å². The van der Waals surface area contributed by atoms with Gasteiger partial charge in [-0.25, -0.2) is 0 Å². The normalized spacial score (nSPS) is 12.2. The lowest BCUT2D eigenvalue weighted by Gasteiger charge is -2.14. The number of hydrogen-bond acceptors (Lipinski definition) is 3. The van der Waals surface area contributed by atoms with E-state index in [9.17, 15) is 10.1 Å². The molecule has 0 aliphatic rings. The average Bonchev–Trinajstić information content (AvgIpc) is 2.37. The largest absolute Gasteiger partial charge is 0.324 e. The van der Waals surface area contributed by atoms with Crippen molar-refractivity contribution in [3.05, 3.63) is 74.8 Å². The minimum atomic E-state index is -0.358. The number of para-hydroxylation sites is 1. The Morgan fingerprint density at radius 2 is 1.75 bits per heavy atom. The van der Waals surface area contributed by atoms with Crippen molar-refractivity contribution in [2.24, 2.45) is 5.73 Å². The topological polar surface area (TPSA) is 69.2 Å². The Labute approximate surface area is 118 Å². The molecule has 1 unspecified atom stereocenters. The summed E-state index contributed by atoms with van der Waals surface area (Å²) < 4.78 is 0. The van der Waals surface area contributed by atoms with Crippen molar-refractivity contribution in [1.29, 1.82) is 0 Å². The first kappa shape index (κ1) is 14.2. The Balaban J connectivity index is 2.28. The minimum absolute atomic E-state index is 0.132. The van der Waals surface area contributed by atoms with Crippen LogP contribution in [-0.2, 0) is 6.42 Å². The highest BCUT2D eigenvalue weighted by atomic mass is 16.6. The standard InChI is InChI=1S/C16H18N2O2/c1-11-7-12(2)9-14(8-11)15(17)10-13-5-3-4-6-16(13)18(19)20/h3-9,15H,10,17H2,1-2H3. The molecule has 2 rings (SSSR count). The minimum Gasteiger partial charge on any atom is -0.324 e. The molecule has 0 aromatic heterocycles. The van der Waals surface area contributed by atoms with E-state index in [-0.39, 0.29) is 16.7 Å². The molecule has 0 amide bonds. The SMILES string of the molecule is Cc1cc(C)cc(C(N)Cc2ccccc2[N+](=O)[O-])c1. The second-order valence-electron chi connectivity index (χ2n) is 5.12. The molecule has 0 saturated heterocycles. The Bertz CT molecular complexity index is 618. The number of rotatable bonds is 4. The van der Waals surface area contributed by atoms with Crippen LogP contribution < -0.4 is 5.73 Å². The smallest absolute Gasteiger partial charge is 0.272 e. The van der Waals surface area contributed by atoms with Gasteiger partial charge in [-0.05, 0) is 25.8 Å². The molecule has 2 aromatic carbocycles. The number of hydrogen-bond donors (Lipinski definition) is 1. The third-order valence-electron chi connectivity index (χ3n) is 3.30. The molecule has 4 heteroatoms. The molecule has 4 nitrogen and oxygen atoms in total. The fourth-order valence-corrected chi connectivity index (χ4v) is 2.44. The first-order valence-corrected chi connectivity index (χ1v) is 6.53. The molecule has 2 aromatic rings. The number of benzene rings is 2. The van der Waals surface area contributed by atoms with E-state index in [4.69, 9.17) is 5.73 Å². The zero-order chi connectivity index (χ0) is 14.7. The predicted molar refractivity (Wildman–Crippen MR) is 79.6 cm³/mol. The van der Waals surface area contributed by atoms with E-state index in [2.05, 4.69) is 6.07 Å². The molecule has 0 radical (unpaired) electrons. The summed E-state index contributed by atoms with van der Waals surface area (Å²) in [4.78, 5) is 10.7. The summed E-state index contributed by atoms with van der Waals surface area (Å²) in [6.45, 7) is 4.04. The molecule has 0 heterocycles. The summed E-state index contributed by atoms with van der Waals surface area (Å²) in [7, 11) is 0. The molecule has 0 saturated carbocycles. The highest BCUT2D eigenvalue weighted by molar-refractivity contribution is 5.41. The number of aryl methyl sites for hydroxylation is 2. The molecular formula is C16H18N2O2. The maximum absolute atomic E-state index is 11.0. The van der Waals surface area contributed by atoms with Crippen LogP contribution in [0.5, 0.6) is 0 Å². The lowest BCUT2D eigenvalue weighted by molar-refractivity contribution is -0.385. The van der Waals surface area contributed by atoms with E-state index in [0.29, 0.717) is 12.0 Å².